The number of anilines is 1. The van der Waals surface area contributed by atoms with Gasteiger partial charge in [-0.05, 0) is 43.4 Å². The Morgan fingerprint density at radius 2 is 1.48 bits per heavy atom. The van der Waals surface area contributed by atoms with Crippen LogP contribution >= 0.6 is 0 Å². The lowest BCUT2D eigenvalue weighted by atomic mass is 10.0. The minimum absolute atomic E-state index is 0.0113. The molecule has 0 unspecified atom stereocenters. The number of pyridine rings is 1. The number of quaternary nitrogens is 1. The first-order valence-electron chi connectivity index (χ1n) is 14.7. The second-order valence-corrected chi connectivity index (χ2v) is 11.1. The molecule has 0 radical (unpaired) electrons. The van der Waals surface area contributed by atoms with E-state index in [1.54, 1.807) is 6.20 Å². The van der Waals surface area contributed by atoms with Gasteiger partial charge in [0, 0.05) is 31.6 Å². The van der Waals surface area contributed by atoms with Gasteiger partial charge in [0.15, 0.2) is 0 Å². The van der Waals surface area contributed by atoms with Gasteiger partial charge in [-0.2, -0.15) is 0 Å². The molecule has 0 saturated carbocycles. The van der Waals surface area contributed by atoms with Gasteiger partial charge in [0.2, 0.25) is 11.8 Å². The largest absolute Gasteiger partial charge is 0.343 e. The van der Waals surface area contributed by atoms with Crippen LogP contribution in [-0.4, -0.2) is 85.2 Å². The first kappa shape index (κ1) is 33.1. The van der Waals surface area contributed by atoms with E-state index in [-0.39, 0.29) is 23.9 Å². The summed E-state index contributed by atoms with van der Waals surface area (Å²) in [4.78, 5) is 31.1. The van der Waals surface area contributed by atoms with E-state index >= 15 is 0 Å². The van der Waals surface area contributed by atoms with Crippen molar-refractivity contribution < 1.29 is 14.1 Å². The molecule has 3 aromatic rings. The van der Waals surface area contributed by atoms with Gasteiger partial charge in [-0.3, -0.25) is 14.6 Å². The number of para-hydroxylation sites is 1. The molecular formula is C31H48N9O2+. The molecule has 0 aliphatic rings. The van der Waals surface area contributed by atoms with E-state index in [1.807, 2.05) is 60.7 Å². The number of nitrogens with one attached hydrogen (secondary N) is 2. The van der Waals surface area contributed by atoms with Crippen LogP contribution < -0.4 is 39.3 Å². The summed E-state index contributed by atoms with van der Waals surface area (Å²) in [6, 6.07) is 17.8. The number of carbonyl (C=O) groups is 2. The summed E-state index contributed by atoms with van der Waals surface area (Å²) in [7, 11) is 2.06. The Hall–Kier alpha value is -3.45. The van der Waals surface area contributed by atoms with E-state index in [0.717, 1.165) is 16.5 Å². The van der Waals surface area contributed by atoms with Crippen LogP contribution in [0.15, 0.2) is 66.9 Å². The fourth-order valence-electron chi connectivity index (χ4n) is 5.47. The quantitative estimate of drug-likeness (QED) is 0.112. The molecule has 0 aliphatic carbocycles. The molecule has 12 N–H and O–H groups in total. The van der Waals surface area contributed by atoms with Crippen molar-refractivity contribution >= 4 is 28.4 Å². The SMILES string of the molecule is C[N+](CCC[C@H](N)C(=O)N[C@@H](CCc1ccccc1)C(=O)Nc1cnc2ccccc2c1)(C(CN)CN)C(CN)CN. The molecule has 1 aromatic heterocycles. The Kier molecular flexibility index (Phi) is 12.8. The minimum Gasteiger partial charge on any atom is -0.343 e. The van der Waals surface area contributed by atoms with E-state index in [4.69, 9.17) is 28.7 Å². The number of nitrogens with two attached hydrogens (primary N) is 5. The lowest BCUT2D eigenvalue weighted by molar-refractivity contribution is -0.951. The molecule has 0 aliphatic heterocycles. The number of aryl methyl sites for hydroxylation is 1. The highest BCUT2D eigenvalue weighted by atomic mass is 16.2. The normalized spacial score (nSPS) is 13.3. The van der Waals surface area contributed by atoms with Gasteiger partial charge in [-0.25, -0.2) is 0 Å². The Labute approximate surface area is 248 Å². The number of rotatable bonds is 17. The van der Waals surface area contributed by atoms with Crippen molar-refractivity contribution in [2.75, 3.05) is 45.1 Å². The van der Waals surface area contributed by atoms with E-state index in [2.05, 4.69) is 22.7 Å². The number of amides is 2. The van der Waals surface area contributed by atoms with Crippen LogP contribution in [0.4, 0.5) is 5.69 Å². The molecule has 0 saturated heterocycles. The Morgan fingerprint density at radius 3 is 2.12 bits per heavy atom. The molecular weight excluding hydrogens is 530 g/mol. The molecule has 11 heteroatoms. The highest BCUT2D eigenvalue weighted by molar-refractivity contribution is 5.98. The summed E-state index contributed by atoms with van der Waals surface area (Å²) in [5.41, 5.74) is 32.9. The van der Waals surface area contributed by atoms with Gasteiger partial charge in [0.25, 0.3) is 0 Å². The summed E-state index contributed by atoms with van der Waals surface area (Å²) < 4.78 is 0.524. The Bertz CT molecular complexity index is 1250. The molecule has 228 valence electrons. The van der Waals surface area contributed by atoms with Crippen molar-refractivity contribution in [3.63, 3.8) is 0 Å². The van der Waals surface area contributed by atoms with Crippen LogP contribution in [0.25, 0.3) is 10.9 Å². The summed E-state index contributed by atoms with van der Waals surface area (Å²) in [5.74, 6) is -0.701. The maximum absolute atomic E-state index is 13.4. The lowest BCUT2D eigenvalue weighted by Gasteiger charge is -2.46. The molecule has 2 amide bonds. The maximum atomic E-state index is 13.4. The van der Waals surface area contributed by atoms with E-state index in [0.29, 0.717) is 68.6 Å². The third-order valence-electron chi connectivity index (χ3n) is 8.30. The number of aromatic nitrogens is 1. The first-order chi connectivity index (χ1) is 20.2. The number of likely N-dealkylation sites (N-methyl/N-ethyl adjacent to an activating group) is 1. The average Bonchev–Trinajstić information content (AvgIpc) is 3.00. The molecule has 2 atom stereocenters. The highest BCUT2D eigenvalue weighted by Crippen LogP contribution is 2.19. The van der Waals surface area contributed by atoms with Crippen molar-refractivity contribution in [3.8, 4) is 0 Å². The van der Waals surface area contributed by atoms with Gasteiger partial charge >= 0.3 is 0 Å². The van der Waals surface area contributed by atoms with Gasteiger partial charge in [0.05, 0.1) is 37.0 Å². The molecule has 42 heavy (non-hydrogen) atoms. The van der Waals surface area contributed by atoms with Gasteiger partial charge in [-0.1, -0.05) is 48.5 Å². The molecule has 2 aromatic carbocycles. The predicted molar refractivity (Wildman–Crippen MR) is 169 cm³/mol. The van der Waals surface area contributed by atoms with Crippen molar-refractivity contribution in [3.05, 3.63) is 72.4 Å². The van der Waals surface area contributed by atoms with E-state index in [9.17, 15) is 9.59 Å². The number of benzene rings is 2. The fourth-order valence-corrected chi connectivity index (χ4v) is 5.47. The molecule has 11 nitrogen and oxygen atoms in total. The smallest absolute Gasteiger partial charge is 0.247 e. The summed E-state index contributed by atoms with van der Waals surface area (Å²) in [5, 5.41) is 6.73. The monoisotopic (exact) mass is 578 g/mol. The van der Waals surface area contributed by atoms with Crippen LogP contribution in [0, 0.1) is 0 Å². The van der Waals surface area contributed by atoms with Crippen molar-refractivity contribution in [1.29, 1.82) is 0 Å². The van der Waals surface area contributed by atoms with Gasteiger partial charge < -0.3 is 43.8 Å². The van der Waals surface area contributed by atoms with Gasteiger partial charge in [0.1, 0.15) is 18.1 Å². The molecule has 0 spiro atoms. The Balaban J connectivity index is 1.67. The predicted octanol–water partition coefficient (Wildman–Crippen LogP) is 0.417. The lowest BCUT2D eigenvalue weighted by Crippen LogP contribution is -2.67. The van der Waals surface area contributed by atoms with Gasteiger partial charge in [-0.15, -0.1) is 0 Å². The average molecular weight is 579 g/mol. The zero-order valence-electron chi connectivity index (χ0n) is 24.6. The number of nitrogens with zero attached hydrogens (tertiary/aromatic N) is 2. The third-order valence-corrected chi connectivity index (χ3v) is 8.30. The Morgan fingerprint density at radius 1 is 0.857 bits per heavy atom. The maximum Gasteiger partial charge on any atom is 0.247 e. The number of carbonyl (C=O) groups excluding carboxylic acids is 2. The zero-order valence-corrected chi connectivity index (χ0v) is 24.6. The molecule has 0 bridgehead atoms. The van der Waals surface area contributed by atoms with E-state index in [1.165, 1.54) is 0 Å². The standard InChI is InChI=1S/C31H47N9O2/c1-40(25(17-32)18-33,26(19-34)20-35)15-7-11-27(36)30(41)39-29(14-13-22-8-3-2-4-9-22)31(42)38-24-16-23-10-5-6-12-28(23)37-21-24/h2-6,8-10,12,16,21,25-27,29H,7,11,13-15,17-20,32-36H2,1H3,(H-,38,39,41,42)/p+1/t27-,29-/m0/s1. The molecule has 3 rings (SSSR count). The topological polar surface area (TPSA) is 201 Å². The number of fused-ring (bicyclic) bond motifs is 1. The molecule has 1 heterocycles. The third kappa shape index (κ3) is 8.78. The fraction of sp³-hybridized carbons (Fsp3) is 0.452. The summed E-state index contributed by atoms with van der Waals surface area (Å²) in [6.07, 6.45) is 3.70. The first-order valence-corrected chi connectivity index (χ1v) is 14.7. The summed E-state index contributed by atoms with van der Waals surface area (Å²) >= 11 is 0. The highest BCUT2D eigenvalue weighted by Gasteiger charge is 2.37. The van der Waals surface area contributed by atoms with Crippen LogP contribution in [0.1, 0.15) is 24.8 Å². The molecule has 0 fully saturated rings. The van der Waals surface area contributed by atoms with Crippen molar-refractivity contribution in [2.45, 2.75) is 49.9 Å². The second kappa shape index (κ2) is 16.3. The number of hydrogen-bond acceptors (Lipinski definition) is 8. The van der Waals surface area contributed by atoms with Crippen LogP contribution in [0.3, 0.4) is 0 Å². The number of hydrogen-bond donors (Lipinski definition) is 7. The van der Waals surface area contributed by atoms with E-state index < -0.39 is 12.1 Å². The minimum atomic E-state index is -0.795. The van der Waals surface area contributed by atoms with Crippen LogP contribution in [-0.2, 0) is 16.0 Å². The van der Waals surface area contributed by atoms with Crippen LogP contribution in [0.2, 0.25) is 0 Å². The van der Waals surface area contributed by atoms with Crippen molar-refractivity contribution in [1.82, 2.24) is 10.3 Å². The zero-order chi connectivity index (χ0) is 30.5. The summed E-state index contributed by atoms with van der Waals surface area (Å²) in [6.45, 7) is 2.29. The van der Waals surface area contributed by atoms with Crippen LogP contribution in [0.5, 0.6) is 0 Å². The second-order valence-electron chi connectivity index (χ2n) is 11.1. The van der Waals surface area contributed by atoms with Crippen molar-refractivity contribution in [2.24, 2.45) is 28.7 Å².